The van der Waals surface area contributed by atoms with E-state index in [1.807, 2.05) is 6.08 Å². The Morgan fingerprint density at radius 2 is 1.59 bits per heavy atom. The van der Waals surface area contributed by atoms with Gasteiger partial charge in [-0.15, -0.1) is 6.58 Å². The molecule has 2 heteroatoms. The van der Waals surface area contributed by atoms with Crippen LogP contribution < -0.4 is 11.3 Å². The average Bonchev–Trinajstić information content (AvgIpc) is 2.35. The van der Waals surface area contributed by atoms with Crippen LogP contribution in [0.2, 0.25) is 0 Å². The lowest BCUT2D eigenvalue weighted by Gasteiger charge is -2.15. The van der Waals surface area contributed by atoms with Gasteiger partial charge in [0.05, 0.1) is 0 Å². The molecule has 0 aliphatic heterocycles. The van der Waals surface area contributed by atoms with E-state index in [0.717, 1.165) is 6.42 Å². The summed E-state index contributed by atoms with van der Waals surface area (Å²) in [5, 5.41) is 0. The van der Waals surface area contributed by atoms with Crippen molar-refractivity contribution < 1.29 is 0 Å². The van der Waals surface area contributed by atoms with E-state index in [4.69, 9.17) is 5.84 Å². The first-order valence-electron chi connectivity index (χ1n) is 7.42. The molecule has 0 heterocycles. The number of nitrogens with one attached hydrogen (secondary N) is 1. The topological polar surface area (TPSA) is 38.0 Å². The zero-order chi connectivity index (χ0) is 12.8. The van der Waals surface area contributed by atoms with Crippen LogP contribution in [0.5, 0.6) is 0 Å². The number of hydrogen-bond acceptors (Lipinski definition) is 2. The molecule has 0 aliphatic rings. The number of unbranched alkanes of at least 4 members (excludes halogenated alkanes) is 7. The van der Waals surface area contributed by atoms with E-state index in [0.29, 0.717) is 6.04 Å². The molecule has 0 saturated heterocycles. The Morgan fingerprint density at radius 3 is 2.18 bits per heavy atom. The molecule has 1 atom stereocenters. The lowest BCUT2D eigenvalue weighted by molar-refractivity contribution is 0.429. The minimum atomic E-state index is 0.505. The summed E-state index contributed by atoms with van der Waals surface area (Å²) in [6.07, 6.45) is 16.3. The van der Waals surface area contributed by atoms with E-state index in [9.17, 15) is 0 Å². The monoisotopic (exact) mass is 240 g/mol. The van der Waals surface area contributed by atoms with E-state index in [1.54, 1.807) is 0 Å². The van der Waals surface area contributed by atoms with Crippen LogP contribution in [0.1, 0.15) is 77.6 Å². The Bertz CT molecular complexity index is 157. The van der Waals surface area contributed by atoms with Crippen molar-refractivity contribution in [3.63, 3.8) is 0 Å². The second kappa shape index (κ2) is 13.7. The van der Waals surface area contributed by atoms with Crippen molar-refractivity contribution in [2.45, 2.75) is 83.6 Å². The Labute approximate surface area is 108 Å². The Morgan fingerprint density at radius 1 is 1.00 bits per heavy atom. The highest BCUT2D eigenvalue weighted by Gasteiger charge is 2.04. The fourth-order valence-electron chi connectivity index (χ4n) is 2.17. The summed E-state index contributed by atoms with van der Waals surface area (Å²) in [6, 6.07) is 0.505. The lowest BCUT2D eigenvalue weighted by Crippen LogP contribution is -2.34. The lowest BCUT2D eigenvalue weighted by atomic mass is 10.0. The van der Waals surface area contributed by atoms with Crippen LogP contribution in [-0.2, 0) is 0 Å². The number of hydrogen-bond donors (Lipinski definition) is 2. The van der Waals surface area contributed by atoms with E-state index >= 15 is 0 Å². The minimum Gasteiger partial charge on any atom is -0.271 e. The summed E-state index contributed by atoms with van der Waals surface area (Å²) in [5.41, 5.74) is 2.94. The summed E-state index contributed by atoms with van der Waals surface area (Å²) in [4.78, 5) is 0. The zero-order valence-electron chi connectivity index (χ0n) is 11.7. The number of allylic oxidation sites excluding steroid dienone is 1. The molecule has 1 unspecified atom stereocenters. The van der Waals surface area contributed by atoms with E-state index in [2.05, 4.69) is 18.9 Å². The average molecular weight is 240 g/mol. The van der Waals surface area contributed by atoms with Gasteiger partial charge in [0.25, 0.3) is 0 Å². The van der Waals surface area contributed by atoms with Gasteiger partial charge in [-0.3, -0.25) is 11.3 Å². The molecule has 0 saturated carbocycles. The second-order valence-electron chi connectivity index (χ2n) is 4.99. The Hall–Kier alpha value is -0.340. The van der Waals surface area contributed by atoms with E-state index in [1.165, 1.54) is 64.2 Å². The van der Waals surface area contributed by atoms with Crippen LogP contribution in [0.15, 0.2) is 12.7 Å². The maximum absolute atomic E-state index is 5.56. The summed E-state index contributed by atoms with van der Waals surface area (Å²) < 4.78 is 0. The molecule has 0 aromatic carbocycles. The van der Waals surface area contributed by atoms with Crippen LogP contribution in [0, 0.1) is 0 Å². The van der Waals surface area contributed by atoms with Crippen molar-refractivity contribution >= 4 is 0 Å². The molecule has 0 bridgehead atoms. The summed E-state index contributed by atoms with van der Waals surface area (Å²) in [6.45, 7) is 6.01. The molecule has 0 rings (SSSR count). The zero-order valence-corrected chi connectivity index (χ0v) is 11.7. The molecule has 2 nitrogen and oxygen atoms in total. The molecule has 0 aromatic heterocycles. The molecule has 0 spiro atoms. The van der Waals surface area contributed by atoms with Crippen LogP contribution in [0.25, 0.3) is 0 Å². The first-order valence-corrected chi connectivity index (χ1v) is 7.42. The maximum atomic E-state index is 5.56. The molecule has 102 valence electrons. The molecular formula is C15H32N2. The highest BCUT2D eigenvalue weighted by atomic mass is 15.2. The fourth-order valence-corrected chi connectivity index (χ4v) is 2.17. The largest absolute Gasteiger partial charge is 0.271 e. The number of nitrogens with two attached hydrogens (primary N) is 1. The van der Waals surface area contributed by atoms with Gasteiger partial charge in [0.15, 0.2) is 0 Å². The summed E-state index contributed by atoms with van der Waals surface area (Å²) in [7, 11) is 0. The third-order valence-corrected chi connectivity index (χ3v) is 3.35. The first kappa shape index (κ1) is 16.7. The summed E-state index contributed by atoms with van der Waals surface area (Å²) >= 11 is 0. The Kier molecular flexibility index (Phi) is 13.4. The van der Waals surface area contributed by atoms with E-state index < -0.39 is 0 Å². The van der Waals surface area contributed by atoms with Crippen molar-refractivity contribution in [2.75, 3.05) is 0 Å². The molecule has 0 radical (unpaired) electrons. The van der Waals surface area contributed by atoms with Gasteiger partial charge >= 0.3 is 0 Å². The minimum absolute atomic E-state index is 0.505. The highest BCUT2D eigenvalue weighted by molar-refractivity contribution is 4.70. The third-order valence-electron chi connectivity index (χ3n) is 3.35. The maximum Gasteiger partial charge on any atom is 0.0210 e. The fraction of sp³-hybridized carbons (Fsp3) is 0.867. The molecule has 0 aliphatic carbocycles. The van der Waals surface area contributed by atoms with Crippen LogP contribution in [0.3, 0.4) is 0 Å². The van der Waals surface area contributed by atoms with Gasteiger partial charge in [0, 0.05) is 6.04 Å². The van der Waals surface area contributed by atoms with Gasteiger partial charge in [0.1, 0.15) is 0 Å². The predicted octanol–water partition coefficient (Wildman–Crippen LogP) is 4.32. The number of hydrazine groups is 1. The molecular weight excluding hydrogens is 208 g/mol. The normalized spacial score (nSPS) is 12.6. The van der Waals surface area contributed by atoms with Crippen molar-refractivity contribution in [3.05, 3.63) is 12.7 Å². The van der Waals surface area contributed by atoms with Gasteiger partial charge in [0.2, 0.25) is 0 Å². The van der Waals surface area contributed by atoms with Crippen molar-refractivity contribution in [2.24, 2.45) is 5.84 Å². The van der Waals surface area contributed by atoms with Gasteiger partial charge in [-0.05, 0) is 25.7 Å². The Balaban J connectivity index is 3.27. The van der Waals surface area contributed by atoms with Crippen molar-refractivity contribution in [3.8, 4) is 0 Å². The van der Waals surface area contributed by atoms with Crippen LogP contribution in [0.4, 0.5) is 0 Å². The smallest absolute Gasteiger partial charge is 0.0210 e. The second-order valence-corrected chi connectivity index (χ2v) is 4.99. The molecule has 3 N–H and O–H groups in total. The standard InChI is InChI=1S/C15H32N2/c1-3-5-7-8-9-10-12-14-15(17-16)13-11-6-4-2/h4,15,17H,2-3,5-14,16H2,1H3. The number of rotatable bonds is 13. The molecule has 0 amide bonds. The molecule has 17 heavy (non-hydrogen) atoms. The van der Waals surface area contributed by atoms with Crippen molar-refractivity contribution in [1.82, 2.24) is 5.43 Å². The van der Waals surface area contributed by atoms with Crippen LogP contribution in [-0.4, -0.2) is 6.04 Å². The molecule has 0 fully saturated rings. The molecule has 0 aromatic rings. The van der Waals surface area contributed by atoms with Crippen LogP contribution >= 0.6 is 0 Å². The SMILES string of the molecule is C=CCCCC(CCCCCCCCC)NN. The third kappa shape index (κ3) is 11.9. The van der Waals surface area contributed by atoms with Gasteiger partial charge in [-0.2, -0.15) is 0 Å². The van der Waals surface area contributed by atoms with Gasteiger partial charge < -0.3 is 0 Å². The van der Waals surface area contributed by atoms with Crippen molar-refractivity contribution in [1.29, 1.82) is 0 Å². The predicted molar refractivity (Wildman–Crippen MR) is 77.8 cm³/mol. The first-order chi connectivity index (χ1) is 8.35. The highest BCUT2D eigenvalue weighted by Crippen LogP contribution is 2.12. The quantitative estimate of drug-likeness (QED) is 0.218. The van der Waals surface area contributed by atoms with E-state index in [-0.39, 0.29) is 0 Å². The van der Waals surface area contributed by atoms with Gasteiger partial charge in [-0.25, -0.2) is 0 Å². The van der Waals surface area contributed by atoms with Gasteiger partial charge in [-0.1, -0.05) is 57.9 Å². The summed E-state index contributed by atoms with van der Waals surface area (Å²) in [5.74, 6) is 5.56.